The topological polar surface area (TPSA) is 62.6 Å². The van der Waals surface area contributed by atoms with Gasteiger partial charge in [-0.15, -0.1) is 0 Å². The van der Waals surface area contributed by atoms with Crippen LogP contribution in [0.1, 0.15) is 134 Å². The molecule has 0 saturated heterocycles. The number of Topliss-reactive ketones (excluding diaryl/α,β-unsaturated/α-hetero) is 1. The van der Waals surface area contributed by atoms with Crippen molar-refractivity contribution >= 4 is 22.4 Å². The van der Waals surface area contributed by atoms with Crippen LogP contribution in [0.2, 0.25) is 0 Å². The summed E-state index contributed by atoms with van der Waals surface area (Å²) in [7, 11) is 0. The summed E-state index contributed by atoms with van der Waals surface area (Å²) >= 11 is 0. The van der Waals surface area contributed by atoms with Crippen molar-refractivity contribution in [2.75, 3.05) is 24.5 Å². The van der Waals surface area contributed by atoms with Gasteiger partial charge in [0.15, 0.2) is 5.78 Å². The van der Waals surface area contributed by atoms with E-state index in [-0.39, 0.29) is 17.9 Å². The first-order valence-electron chi connectivity index (χ1n) is 15.6. The van der Waals surface area contributed by atoms with E-state index in [1.807, 2.05) is 18.2 Å². The SMILES string of the molecule is CCCCCCCCCCCC(CCCCCC)NCC(=O)c1c(N(CC)CC)c2ccccc2oc1=O. The van der Waals surface area contributed by atoms with Gasteiger partial charge in [0.2, 0.25) is 0 Å². The summed E-state index contributed by atoms with van der Waals surface area (Å²) in [5.74, 6) is -0.169. The smallest absolute Gasteiger partial charge is 0.349 e. The minimum Gasteiger partial charge on any atom is -0.422 e. The maximum Gasteiger partial charge on any atom is 0.349 e. The minimum absolute atomic E-state index is 0.169. The highest BCUT2D eigenvalue weighted by atomic mass is 16.4. The van der Waals surface area contributed by atoms with Crippen molar-refractivity contribution in [3.8, 4) is 0 Å². The van der Waals surface area contributed by atoms with Gasteiger partial charge in [-0.3, -0.25) is 4.79 Å². The van der Waals surface area contributed by atoms with Crippen molar-refractivity contribution in [3.63, 3.8) is 0 Å². The van der Waals surface area contributed by atoms with E-state index in [0.29, 0.717) is 17.3 Å². The van der Waals surface area contributed by atoms with Crippen molar-refractivity contribution in [2.45, 2.75) is 130 Å². The van der Waals surface area contributed by atoms with Crippen molar-refractivity contribution in [2.24, 2.45) is 0 Å². The molecule has 1 heterocycles. The molecule has 38 heavy (non-hydrogen) atoms. The maximum atomic E-state index is 13.5. The highest BCUT2D eigenvalue weighted by Gasteiger charge is 2.24. The lowest BCUT2D eigenvalue weighted by Crippen LogP contribution is -2.36. The van der Waals surface area contributed by atoms with E-state index >= 15 is 0 Å². The highest BCUT2D eigenvalue weighted by molar-refractivity contribution is 6.08. The summed E-state index contributed by atoms with van der Waals surface area (Å²) in [6, 6.07) is 7.84. The summed E-state index contributed by atoms with van der Waals surface area (Å²) in [5.41, 5.74) is 0.902. The highest BCUT2D eigenvalue weighted by Crippen LogP contribution is 2.29. The average Bonchev–Trinajstić information content (AvgIpc) is 2.93. The standard InChI is InChI=1S/C33H54N2O3/c1-5-9-11-13-14-15-16-17-19-23-27(22-18-12-10-6-2)34-26-29(36)31-32(35(7-3)8-4)28-24-20-21-25-30(28)38-33(31)37/h20-21,24-25,27,34H,5-19,22-23,26H2,1-4H3. The van der Waals surface area contributed by atoms with Crippen LogP contribution in [0.5, 0.6) is 0 Å². The molecule has 0 bridgehead atoms. The molecular formula is C33H54N2O3. The molecule has 1 aromatic carbocycles. The molecule has 0 amide bonds. The number of benzene rings is 1. The minimum atomic E-state index is -0.532. The third-order valence-corrected chi connectivity index (χ3v) is 7.76. The third kappa shape index (κ3) is 10.6. The number of hydrogen-bond donors (Lipinski definition) is 1. The number of anilines is 1. The summed E-state index contributed by atoms with van der Waals surface area (Å²) in [6.07, 6.45) is 18.9. The Labute approximate surface area is 231 Å². The first kappa shape index (κ1) is 32.1. The van der Waals surface area contributed by atoms with Gasteiger partial charge in [0.05, 0.1) is 12.2 Å². The number of nitrogens with zero attached hydrogens (tertiary/aromatic N) is 1. The Hall–Kier alpha value is -2.14. The second-order valence-electron chi connectivity index (χ2n) is 10.7. The number of nitrogens with one attached hydrogen (secondary N) is 1. The van der Waals surface area contributed by atoms with Gasteiger partial charge in [-0.25, -0.2) is 4.79 Å². The number of hydrogen-bond acceptors (Lipinski definition) is 5. The molecule has 0 aliphatic heterocycles. The van der Waals surface area contributed by atoms with Crippen LogP contribution in [0.3, 0.4) is 0 Å². The van der Waals surface area contributed by atoms with Crippen LogP contribution >= 0.6 is 0 Å². The van der Waals surface area contributed by atoms with Gasteiger partial charge in [-0.05, 0) is 38.8 Å². The van der Waals surface area contributed by atoms with Crippen LogP contribution in [0.4, 0.5) is 5.69 Å². The summed E-state index contributed by atoms with van der Waals surface area (Å²) in [5, 5.41) is 4.37. The Morgan fingerprint density at radius 1 is 0.789 bits per heavy atom. The lowest BCUT2D eigenvalue weighted by molar-refractivity contribution is 0.0983. The molecule has 0 aliphatic carbocycles. The van der Waals surface area contributed by atoms with Crippen LogP contribution in [-0.2, 0) is 0 Å². The quantitative estimate of drug-likeness (QED) is 0.0944. The lowest BCUT2D eigenvalue weighted by Gasteiger charge is -2.25. The third-order valence-electron chi connectivity index (χ3n) is 7.76. The van der Waals surface area contributed by atoms with E-state index in [0.717, 1.165) is 31.3 Å². The monoisotopic (exact) mass is 526 g/mol. The normalized spacial score (nSPS) is 12.2. The van der Waals surface area contributed by atoms with E-state index in [1.165, 1.54) is 83.5 Å². The van der Waals surface area contributed by atoms with Crippen LogP contribution in [-0.4, -0.2) is 31.5 Å². The molecule has 1 N–H and O–H groups in total. The number of rotatable bonds is 22. The molecule has 0 fully saturated rings. The van der Waals surface area contributed by atoms with Crippen molar-refractivity contribution in [1.82, 2.24) is 5.32 Å². The van der Waals surface area contributed by atoms with Crippen molar-refractivity contribution < 1.29 is 9.21 Å². The number of unbranched alkanes of at least 4 members (excludes halogenated alkanes) is 11. The van der Waals surface area contributed by atoms with Crippen LogP contribution in [0, 0.1) is 0 Å². The van der Waals surface area contributed by atoms with E-state index in [2.05, 4.69) is 37.9 Å². The Kier molecular flexibility index (Phi) is 16.0. The van der Waals surface area contributed by atoms with Gasteiger partial charge in [-0.1, -0.05) is 109 Å². The lowest BCUT2D eigenvalue weighted by atomic mass is 9.99. The van der Waals surface area contributed by atoms with E-state index in [4.69, 9.17) is 4.42 Å². The molecule has 0 saturated carbocycles. The van der Waals surface area contributed by atoms with Crippen LogP contribution in [0.25, 0.3) is 11.0 Å². The first-order valence-corrected chi connectivity index (χ1v) is 15.6. The second kappa shape index (κ2) is 19.0. The molecule has 1 aromatic heterocycles. The van der Waals surface area contributed by atoms with E-state index < -0.39 is 5.63 Å². The Morgan fingerprint density at radius 3 is 1.89 bits per heavy atom. The zero-order valence-electron chi connectivity index (χ0n) is 24.8. The molecule has 0 spiro atoms. The first-order chi connectivity index (χ1) is 18.6. The van der Waals surface area contributed by atoms with Gasteiger partial charge in [0.1, 0.15) is 11.1 Å². The zero-order valence-corrected chi connectivity index (χ0v) is 24.8. The molecule has 1 unspecified atom stereocenters. The number of ketones is 1. The molecule has 214 valence electrons. The summed E-state index contributed by atoms with van der Waals surface area (Å²) < 4.78 is 5.59. The molecule has 1 atom stereocenters. The second-order valence-corrected chi connectivity index (χ2v) is 10.7. The Bertz CT molecular complexity index is 980. The molecule has 5 heteroatoms. The Balaban J connectivity index is 2.03. The average molecular weight is 527 g/mol. The Morgan fingerprint density at radius 2 is 1.32 bits per heavy atom. The fraction of sp³-hybridized carbons (Fsp3) is 0.697. The van der Waals surface area contributed by atoms with Gasteiger partial charge < -0.3 is 14.6 Å². The fourth-order valence-electron chi connectivity index (χ4n) is 5.44. The van der Waals surface area contributed by atoms with E-state index in [1.54, 1.807) is 6.07 Å². The van der Waals surface area contributed by atoms with Gasteiger partial charge in [0, 0.05) is 24.5 Å². The molecule has 0 aliphatic rings. The summed E-state index contributed by atoms with van der Waals surface area (Å²) in [4.78, 5) is 28.6. The zero-order chi connectivity index (χ0) is 27.6. The number of fused-ring (bicyclic) bond motifs is 1. The van der Waals surface area contributed by atoms with Gasteiger partial charge in [-0.2, -0.15) is 0 Å². The molecular weight excluding hydrogens is 472 g/mol. The van der Waals surface area contributed by atoms with Crippen molar-refractivity contribution in [1.29, 1.82) is 0 Å². The van der Waals surface area contributed by atoms with Crippen LogP contribution in [0.15, 0.2) is 33.5 Å². The fourth-order valence-corrected chi connectivity index (χ4v) is 5.44. The molecule has 0 radical (unpaired) electrons. The van der Waals surface area contributed by atoms with Crippen molar-refractivity contribution in [3.05, 3.63) is 40.2 Å². The van der Waals surface area contributed by atoms with Crippen LogP contribution < -0.4 is 15.8 Å². The number of carbonyl (C=O) groups excluding carboxylic acids is 1. The van der Waals surface area contributed by atoms with Gasteiger partial charge >= 0.3 is 5.63 Å². The largest absolute Gasteiger partial charge is 0.422 e. The molecule has 2 aromatic rings. The molecule has 2 rings (SSSR count). The van der Waals surface area contributed by atoms with Gasteiger partial charge in [0.25, 0.3) is 0 Å². The molecule has 5 nitrogen and oxygen atoms in total. The predicted molar refractivity (Wildman–Crippen MR) is 163 cm³/mol. The number of carbonyl (C=O) groups is 1. The number of para-hydroxylation sites is 1. The summed E-state index contributed by atoms with van der Waals surface area (Å²) in [6.45, 7) is 10.2. The van der Waals surface area contributed by atoms with E-state index in [9.17, 15) is 9.59 Å². The maximum absolute atomic E-state index is 13.5. The predicted octanol–water partition coefficient (Wildman–Crippen LogP) is 8.67.